The van der Waals surface area contributed by atoms with Gasteiger partial charge >= 0.3 is 5.97 Å². The number of esters is 1. The minimum absolute atomic E-state index is 0.0920. The van der Waals surface area contributed by atoms with E-state index in [1.54, 1.807) is 24.8 Å². The average Bonchev–Trinajstić information content (AvgIpc) is 3.09. The number of hydrogen-bond acceptors (Lipinski definition) is 7. The van der Waals surface area contributed by atoms with Crippen molar-refractivity contribution in [3.8, 4) is 0 Å². The number of nitro benzene ring substituents is 1. The molecule has 9 nitrogen and oxygen atoms in total. The number of non-ortho nitro benzene ring substituents is 1. The number of nitro groups is 1. The molecule has 0 saturated carbocycles. The van der Waals surface area contributed by atoms with Gasteiger partial charge < -0.3 is 15.0 Å². The number of thiophene rings is 1. The van der Waals surface area contributed by atoms with E-state index in [2.05, 4.69) is 5.32 Å². The highest BCUT2D eigenvalue weighted by molar-refractivity contribution is 7.18. The SMILES string of the molecule is CCOC(=O)c1c(NC(=O)/C=C/c2cccc([N+](=O)[O-])c2)sc(C(=O)N(CC)CC)c1C. The lowest BCUT2D eigenvalue weighted by atomic mass is 10.1. The smallest absolute Gasteiger partial charge is 0.341 e. The van der Waals surface area contributed by atoms with Crippen molar-refractivity contribution in [1.29, 1.82) is 0 Å². The van der Waals surface area contributed by atoms with Crippen molar-refractivity contribution in [3.63, 3.8) is 0 Å². The topological polar surface area (TPSA) is 119 Å². The fourth-order valence-electron chi connectivity index (χ4n) is 2.98. The number of amides is 2. The molecule has 0 atom stereocenters. The third-order valence-electron chi connectivity index (χ3n) is 4.62. The predicted molar refractivity (Wildman–Crippen MR) is 123 cm³/mol. The minimum Gasteiger partial charge on any atom is -0.462 e. The second-order valence-corrected chi connectivity index (χ2v) is 7.65. The Labute approximate surface area is 189 Å². The predicted octanol–water partition coefficient (Wildman–Crippen LogP) is 4.28. The van der Waals surface area contributed by atoms with Gasteiger partial charge in [-0.05, 0) is 44.9 Å². The number of carbonyl (C=O) groups is 3. The van der Waals surface area contributed by atoms with Crippen LogP contribution in [0.5, 0.6) is 0 Å². The molecule has 170 valence electrons. The molecule has 10 heteroatoms. The van der Waals surface area contributed by atoms with Gasteiger partial charge in [0.25, 0.3) is 11.6 Å². The van der Waals surface area contributed by atoms with Crippen molar-refractivity contribution >= 4 is 45.9 Å². The molecule has 0 bridgehead atoms. The van der Waals surface area contributed by atoms with Crippen LogP contribution in [0.2, 0.25) is 0 Å². The summed E-state index contributed by atoms with van der Waals surface area (Å²) in [6, 6.07) is 5.83. The Kier molecular flexibility index (Phi) is 8.65. The van der Waals surface area contributed by atoms with Crippen LogP contribution in [-0.4, -0.2) is 47.3 Å². The van der Waals surface area contributed by atoms with Crippen LogP contribution >= 0.6 is 11.3 Å². The molecular formula is C22H25N3O6S. The van der Waals surface area contributed by atoms with Crippen molar-refractivity contribution in [1.82, 2.24) is 4.90 Å². The van der Waals surface area contributed by atoms with Crippen LogP contribution in [-0.2, 0) is 9.53 Å². The number of hydrogen-bond donors (Lipinski definition) is 1. The summed E-state index contributed by atoms with van der Waals surface area (Å²) in [5.74, 6) is -1.40. The fourth-order valence-corrected chi connectivity index (χ4v) is 4.14. The molecule has 1 aromatic heterocycles. The van der Waals surface area contributed by atoms with Gasteiger partial charge in [0.15, 0.2) is 0 Å². The molecule has 0 aliphatic heterocycles. The lowest BCUT2D eigenvalue weighted by molar-refractivity contribution is -0.384. The Bertz CT molecular complexity index is 1060. The van der Waals surface area contributed by atoms with Crippen LogP contribution in [0.15, 0.2) is 30.3 Å². The van der Waals surface area contributed by atoms with Crippen LogP contribution in [0, 0.1) is 17.0 Å². The highest BCUT2D eigenvalue weighted by Gasteiger charge is 2.28. The maximum atomic E-state index is 12.9. The van der Waals surface area contributed by atoms with Gasteiger partial charge in [0.1, 0.15) is 5.00 Å². The number of ether oxygens (including phenoxy) is 1. The molecule has 1 heterocycles. The molecule has 2 amide bonds. The molecule has 0 saturated heterocycles. The summed E-state index contributed by atoms with van der Waals surface area (Å²) in [6.45, 7) is 8.20. The first-order valence-electron chi connectivity index (χ1n) is 10.1. The number of nitrogens with one attached hydrogen (secondary N) is 1. The van der Waals surface area contributed by atoms with Crippen molar-refractivity contribution < 1.29 is 24.0 Å². The van der Waals surface area contributed by atoms with Gasteiger partial charge in [0.2, 0.25) is 5.91 Å². The zero-order valence-electron chi connectivity index (χ0n) is 18.3. The largest absolute Gasteiger partial charge is 0.462 e. The maximum absolute atomic E-state index is 12.9. The highest BCUT2D eigenvalue weighted by atomic mass is 32.1. The molecule has 2 aromatic rings. The fraction of sp³-hybridized carbons (Fsp3) is 0.318. The molecular weight excluding hydrogens is 434 g/mol. The number of nitrogens with zero attached hydrogens (tertiary/aromatic N) is 2. The Balaban J connectivity index is 2.34. The number of anilines is 1. The van der Waals surface area contributed by atoms with Crippen molar-refractivity contribution in [2.24, 2.45) is 0 Å². The van der Waals surface area contributed by atoms with E-state index in [0.717, 1.165) is 11.3 Å². The lowest BCUT2D eigenvalue weighted by Crippen LogP contribution is -2.30. The van der Waals surface area contributed by atoms with Gasteiger partial charge in [-0.1, -0.05) is 12.1 Å². The quantitative estimate of drug-likeness (QED) is 0.259. The van der Waals surface area contributed by atoms with Gasteiger partial charge in [0.05, 0.1) is 22.0 Å². The summed E-state index contributed by atoms with van der Waals surface area (Å²) >= 11 is 1.02. The van der Waals surface area contributed by atoms with Crippen molar-refractivity contribution in [2.75, 3.05) is 25.0 Å². The molecule has 0 unspecified atom stereocenters. The van der Waals surface area contributed by atoms with E-state index in [0.29, 0.717) is 29.1 Å². The molecule has 0 fully saturated rings. The average molecular weight is 460 g/mol. The van der Waals surface area contributed by atoms with E-state index in [9.17, 15) is 24.5 Å². The molecule has 0 spiro atoms. The Morgan fingerprint density at radius 1 is 1.22 bits per heavy atom. The highest BCUT2D eigenvalue weighted by Crippen LogP contribution is 2.34. The minimum atomic E-state index is -0.627. The lowest BCUT2D eigenvalue weighted by Gasteiger charge is -2.18. The van der Waals surface area contributed by atoms with Crippen LogP contribution in [0.3, 0.4) is 0 Å². The van der Waals surface area contributed by atoms with E-state index in [-0.39, 0.29) is 28.8 Å². The summed E-state index contributed by atoms with van der Waals surface area (Å²) in [6.07, 6.45) is 2.63. The monoisotopic (exact) mass is 459 g/mol. The van der Waals surface area contributed by atoms with Crippen molar-refractivity contribution in [3.05, 3.63) is 62.0 Å². The first-order valence-corrected chi connectivity index (χ1v) is 10.9. The number of rotatable bonds is 9. The summed E-state index contributed by atoms with van der Waals surface area (Å²) in [7, 11) is 0. The third kappa shape index (κ3) is 5.79. The zero-order chi connectivity index (χ0) is 23.8. The first kappa shape index (κ1) is 24.7. The molecule has 32 heavy (non-hydrogen) atoms. The van der Waals surface area contributed by atoms with E-state index >= 15 is 0 Å². The van der Waals surface area contributed by atoms with Crippen LogP contribution in [0.1, 0.15) is 51.9 Å². The number of carbonyl (C=O) groups excluding carboxylic acids is 3. The van der Waals surface area contributed by atoms with E-state index < -0.39 is 16.8 Å². The second kappa shape index (κ2) is 11.2. The Morgan fingerprint density at radius 3 is 2.50 bits per heavy atom. The molecule has 0 aliphatic rings. The Morgan fingerprint density at radius 2 is 1.91 bits per heavy atom. The number of benzene rings is 1. The second-order valence-electron chi connectivity index (χ2n) is 6.63. The molecule has 1 aromatic carbocycles. The van der Waals surface area contributed by atoms with Crippen molar-refractivity contribution in [2.45, 2.75) is 27.7 Å². The summed E-state index contributed by atoms with van der Waals surface area (Å²) in [4.78, 5) is 50.2. The standard InChI is InChI=1S/C22H25N3O6S/c1-5-24(6-2)21(27)19-14(4)18(22(28)31-7-3)20(32-19)23-17(26)12-11-15-9-8-10-16(13-15)25(29)30/h8-13H,5-7H2,1-4H3,(H,23,26)/b12-11+. The zero-order valence-corrected chi connectivity index (χ0v) is 19.2. The molecule has 0 radical (unpaired) electrons. The van der Waals surface area contributed by atoms with E-state index in [1.165, 1.54) is 30.4 Å². The van der Waals surface area contributed by atoms with Gasteiger partial charge in [-0.3, -0.25) is 19.7 Å². The van der Waals surface area contributed by atoms with E-state index in [4.69, 9.17) is 4.74 Å². The van der Waals surface area contributed by atoms with Gasteiger partial charge in [0, 0.05) is 31.3 Å². The van der Waals surface area contributed by atoms with Crippen LogP contribution < -0.4 is 5.32 Å². The van der Waals surface area contributed by atoms with Gasteiger partial charge in [-0.2, -0.15) is 0 Å². The molecule has 1 N–H and O–H groups in total. The first-order chi connectivity index (χ1) is 15.2. The summed E-state index contributed by atoms with van der Waals surface area (Å²) in [5.41, 5.74) is 0.970. The summed E-state index contributed by atoms with van der Waals surface area (Å²) < 4.78 is 5.11. The normalized spacial score (nSPS) is 10.8. The third-order valence-corrected chi connectivity index (χ3v) is 5.81. The van der Waals surface area contributed by atoms with E-state index in [1.807, 2.05) is 13.8 Å². The van der Waals surface area contributed by atoms with Crippen LogP contribution in [0.4, 0.5) is 10.7 Å². The summed E-state index contributed by atoms with van der Waals surface area (Å²) in [5, 5.41) is 13.7. The van der Waals surface area contributed by atoms with Crippen LogP contribution in [0.25, 0.3) is 6.08 Å². The molecule has 0 aliphatic carbocycles. The van der Waals surface area contributed by atoms with Gasteiger partial charge in [-0.25, -0.2) is 4.79 Å². The van der Waals surface area contributed by atoms with Gasteiger partial charge in [-0.15, -0.1) is 11.3 Å². The maximum Gasteiger partial charge on any atom is 0.341 e. The molecule has 2 rings (SSSR count). The Hall–Kier alpha value is -3.53.